The van der Waals surface area contributed by atoms with E-state index in [0.29, 0.717) is 4.90 Å². The normalized spacial score (nSPS) is 15.8. The van der Waals surface area contributed by atoms with E-state index in [0.717, 1.165) is 56.0 Å². The number of rotatable bonds is 7. The quantitative estimate of drug-likeness (QED) is 0.528. The number of nitrogens with zero attached hydrogens (tertiary/aromatic N) is 3. The Labute approximate surface area is 163 Å². The molecule has 0 bridgehead atoms. The number of nitro benzene ring substituents is 1. The smallest absolute Gasteiger partial charge is 0.283 e. The number of benzene rings is 2. The van der Waals surface area contributed by atoms with Crippen LogP contribution < -0.4 is 0 Å². The fourth-order valence-corrected chi connectivity index (χ4v) is 4.06. The lowest BCUT2D eigenvalue weighted by Crippen LogP contribution is -2.44. The van der Waals surface area contributed by atoms with Gasteiger partial charge < -0.3 is 9.80 Å². The van der Waals surface area contributed by atoms with E-state index in [-0.39, 0.29) is 16.4 Å². The van der Waals surface area contributed by atoms with Crippen molar-refractivity contribution in [3.05, 3.63) is 64.0 Å². The average Bonchev–Trinajstić information content (AvgIpc) is 2.66. The van der Waals surface area contributed by atoms with E-state index >= 15 is 0 Å². The zero-order chi connectivity index (χ0) is 19.2. The topological polar surface area (TPSA) is 49.6 Å². The molecule has 0 saturated carbocycles. The summed E-state index contributed by atoms with van der Waals surface area (Å²) in [4.78, 5) is 17.3. The molecule has 3 rings (SSSR count). The number of aryl methyl sites for hydroxylation is 1. The molecule has 7 heteroatoms. The van der Waals surface area contributed by atoms with Gasteiger partial charge in [-0.1, -0.05) is 17.8 Å². The molecule has 27 heavy (non-hydrogen) atoms. The van der Waals surface area contributed by atoms with Gasteiger partial charge in [0.2, 0.25) is 0 Å². The standard InChI is InChI=1S/C20H24FN3O2S/c1-22-11-13-23(14-12-22)10-2-3-16-4-9-20(19(15-16)24(25)26)27-18-7-5-17(21)6-8-18/h4-9,15H,2-3,10-14H2,1H3. The first-order chi connectivity index (χ1) is 13.0. The van der Waals surface area contributed by atoms with Crippen LogP contribution in [-0.2, 0) is 6.42 Å². The predicted octanol–water partition coefficient (Wildman–Crippen LogP) is 4.07. The Kier molecular flexibility index (Phi) is 6.82. The van der Waals surface area contributed by atoms with Gasteiger partial charge in [-0.25, -0.2) is 4.39 Å². The van der Waals surface area contributed by atoms with Crippen LogP contribution in [0.4, 0.5) is 10.1 Å². The van der Waals surface area contributed by atoms with Crippen molar-refractivity contribution in [3.63, 3.8) is 0 Å². The maximum absolute atomic E-state index is 13.0. The van der Waals surface area contributed by atoms with Gasteiger partial charge in [0.25, 0.3) is 5.69 Å². The molecule has 1 heterocycles. The van der Waals surface area contributed by atoms with E-state index < -0.39 is 0 Å². The number of halogens is 1. The minimum atomic E-state index is -0.337. The van der Waals surface area contributed by atoms with Crippen molar-refractivity contribution in [1.29, 1.82) is 0 Å². The number of likely N-dealkylation sites (N-methyl/N-ethyl adjacent to an activating group) is 1. The van der Waals surface area contributed by atoms with Crippen LogP contribution >= 0.6 is 11.8 Å². The van der Waals surface area contributed by atoms with Crippen LogP contribution in [0.3, 0.4) is 0 Å². The molecular weight excluding hydrogens is 365 g/mol. The second kappa shape index (κ2) is 9.30. The molecule has 1 saturated heterocycles. The van der Waals surface area contributed by atoms with Crippen LogP contribution in [0.1, 0.15) is 12.0 Å². The van der Waals surface area contributed by atoms with Gasteiger partial charge in [0.1, 0.15) is 5.82 Å². The summed E-state index contributed by atoms with van der Waals surface area (Å²) in [5, 5.41) is 11.5. The molecule has 0 atom stereocenters. The van der Waals surface area contributed by atoms with E-state index in [4.69, 9.17) is 0 Å². The Morgan fingerprint density at radius 3 is 2.48 bits per heavy atom. The molecule has 1 aliphatic heterocycles. The minimum Gasteiger partial charge on any atom is -0.304 e. The number of hydrogen-bond donors (Lipinski definition) is 0. The van der Waals surface area contributed by atoms with Gasteiger partial charge in [-0.2, -0.15) is 0 Å². The fourth-order valence-electron chi connectivity index (χ4n) is 3.16. The van der Waals surface area contributed by atoms with E-state index in [1.165, 1.54) is 23.9 Å². The van der Waals surface area contributed by atoms with Gasteiger partial charge in [0.05, 0.1) is 9.82 Å². The third-order valence-electron chi connectivity index (χ3n) is 4.80. The lowest BCUT2D eigenvalue weighted by molar-refractivity contribution is -0.387. The van der Waals surface area contributed by atoms with Crippen molar-refractivity contribution in [3.8, 4) is 0 Å². The number of nitro groups is 1. The molecule has 0 amide bonds. The van der Waals surface area contributed by atoms with Gasteiger partial charge in [0.15, 0.2) is 0 Å². The molecule has 1 fully saturated rings. The SMILES string of the molecule is CN1CCN(CCCc2ccc(Sc3ccc(F)cc3)c([N+](=O)[O-])c2)CC1. The summed E-state index contributed by atoms with van der Waals surface area (Å²) in [5.41, 5.74) is 1.10. The zero-order valence-electron chi connectivity index (χ0n) is 15.4. The molecule has 2 aromatic rings. The van der Waals surface area contributed by atoms with E-state index in [1.54, 1.807) is 24.3 Å². The molecule has 0 radical (unpaired) electrons. The first kappa shape index (κ1) is 19.8. The van der Waals surface area contributed by atoms with Crippen LogP contribution in [0.15, 0.2) is 52.3 Å². The fraction of sp³-hybridized carbons (Fsp3) is 0.400. The Balaban J connectivity index is 1.61. The molecule has 0 N–H and O–H groups in total. The molecule has 1 aliphatic rings. The van der Waals surface area contributed by atoms with Gasteiger partial charge in [-0.15, -0.1) is 0 Å². The van der Waals surface area contributed by atoms with Crippen LogP contribution in [-0.4, -0.2) is 54.5 Å². The van der Waals surface area contributed by atoms with E-state index in [1.807, 2.05) is 6.07 Å². The highest BCUT2D eigenvalue weighted by molar-refractivity contribution is 7.99. The average molecular weight is 389 g/mol. The maximum Gasteiger partial charge on any atom is 0.283 e. The first-order valence-corrected chi connectivity index (χ1v) is 9.94. The van der Waals surface area contributed by atoms with Crippen LogP contribution in [0.25, 0.3) is 0 Å². The Morgan fingerprint density at radius 2 is 1.81 bits per heavy atom. The van der Waals surface area contributed by atoms with Crippen molar-refractivity contribution in [1.82, 2.24) is 9.80 Å². The predicted molar refractivity (Wildman–Crippen MR) is 106 cm³/mol. The largest absolute Gasteiger partial charge is 0.304 e. The highest BCUT2D eigenvalue weighted by Gasteiger charge is 2.17. The number of hydrogen-bond acceptors (Lipinski definition) is 5. The molecular formula is C20H24FN3O2S. The van der Waals surface area contributed by atoms with Gasteiger partial charge in [0, 0.05) is 37.1 Å². The van der Waals surface area contributed by atoms with Crippen LogP contribution in [0, 0.1) is 15.9 Å². The van der Waals surface area contributed by atoms with Crippen molar-refractivity contribution in [2.24, 2.45) is 0 Å². The number of piperazine rings is 1. The third-order valence-corrected chi connectivity index (χ3v) is 5.87. The summed E-state index contributed by atoms with van der Waals surface area (Å²) in [5.74, 6) is -0.315. The molecule has 0 unspecified atom stereocenters. The van der Waals surface area contributed by atoms with Crippen molar-refractivity contribution >= 4 is 17.4 Å². The second-order valence-corrected chi connectivity index (χ2v) is 7.98. The van der Waals surface area contributed by atoms with Crippen LogP contribution in [0.2, 0.25) is 0 Å². The lowest BCUT2D eigenvalue weighted by atomic mass is 10.1. The summed E-state index contributed by atoms with van der Waals surface area (Å²) in [7, 11) is 2.14. The zero-order valence-corrected chi connectivity index (χ0v) is 16.3. The summed E-state index contributed by atoms with van der Waals surface area (Å²) in [6.45, 7) is 5.39. The molecule has 0 aromatic heterocycles. The van der Waals surface area contributed by atoms with E-state index in [2.05, 4.69) is 16.8 Å². The minimum absolute atomic E-state index is 0.112. The van der Waals surface area contributed by atoms with Gasteiger partial charge >= 0.3 is 0 Å². The van der Waals surface area contributed by atoms with Gasteiger partial charge in [-0.3, -0.25) is 10.1 Å². The second-order valence-electron chi connectivity index (χ2n) is 6.86. The summed E-state index contributed by atoms with van der Waals surface area (Å²) >= 11 is 1.29. The summed E-state index contributed by atoms with van der Waals surface area (Å²) in [6, 6.07) is 11.4. The molecule has 5 nitrogen and oxygen atoms in total. The summed E-state index contributed by atoms with van der Waals surface area (Å²) < 4.78 is 13.0. The monoisotopic (exact) mass is 389 g/mol. The highest BCUT2D eigenvalue weighted by atomic mass is 32.2. The van der Waals surface area contributed by atoms with Crippen molar-refractivity contribution in [2.75, 3.05) is 39.8 Å². The Bertz CT molecular complexity index is 777. The van der Waals surface area contributed by atoms with Crippen LogP contribution in [0.5, 0.6) is 0 Å². The molecule has 2 aromatic carbocycles. The molecule has 0 spiro atoms. The van der Waals surface area contributed by atoms with Crippen molar-refractivity contribution in [2.45, 2.75) is 22.6 Å². The lowest BCUT2D eigenvalue weighted by Gasteiger charge is -2.32. The summed E-state index contributed by atoms with van der Waals surface area (Å²) in [6.07, 6.45) is 1.82. The molecule has 0 aliphatic carbocycles. The van der Waals surface area contributed by atoms with Crippen molar-refractivity contribution < 1.29 is 9.31 Å². The Hall–Kier alpha value is -1.96. The first-order valence-electron chi connectivity index (χ1n) is 9.13. The third kappa shape index (κ3) is 5.76. The van der Waals surface area contributed by atoms with E-state index in [9.17, 15) is 14.5 Å². The highest BCUT2D eigenvalue weighted by Crippen LogP contribution is 2.35. The maximum atomic E-state index is 13.0. The van der Waals surface area contributed by atoms with Gasteiger partial charge in [-0.05, 0) is 62.3 Å². The Morgan fingerprint density at radius 1 is 1.11 bits per heavy atom. The molecule has 144 valence electrons.